The van der Waals surface area contributed by atoms with Crippen LogP contribution in [0, 0.1) is 0 Å². The highest BCUT2D eigenvalue weighted by atomic mass is 32.2. The fourth-order valence-electron chi connectivity index (χ4n) is 1.82. The summed E-state index contributed by atoms with van der Waals surface area (Å²) in [5.74, 6) is 0. The molecule has 15 heavy (non-hydrogen) atoms. The van der Waals surface area contributed by atoms with Gasteiger partial charge in [-0.25, -0.2) is 0 Å². The predicted molar refractivity (Wildman–Crippen MR) is 60.9 cm³/mol. The Bertz CT molecular complexity index is 292. The van der Waals surface area contributed by atoms with Gasteiger partial charge in [-0.3, -0.25) is 0 Å². The van der Waals surface area contributed by atoms with Gasteiger partial charge in [0.25, 0.3) is 10.2 Å². The van der Waals surface area contributed by atoms with Gasteiger partial charge in [0, 0.05) is 33.2 Å². The minimum atomic E-state index is -3.20. The van der Waals surface area contributed by atoms with Crippen molar-refractivity contribution in [1.29, 1.82) is 0 Å². The van der Waals surface area contributed by atoms with Crippen LogP contribution in [-0.2, 0) is 10.2 Å². The lowest BCUT2D eigenvalue weighted by molar-refractivity contribution is 0.192. The molecule has 0 amide bonds. The van der Waals surface area contributed by atoms with Crippen LogP contribution in [0.5, 0.6) is 0 Å². The van der Waals surface area contributed by atoms with E-state index >= 15 is 0 Å². The summed E-state index contributed by atoms with van der Waals surface area (Å²) in [6, 6.07) is 0.513. The van der Waals surface area contributed by atoms with E-state index in [1.807, 2.05) is 14.1 Å². The molecule has 1 aliphatic heterocycles. The topological polar surface area (TPSA) is 43.9 Å². The molecule has 0 spiro atoms. The van der Waals surface area contributed by atoms with Gasteiger partial charge >= 0.3 is 0 Å². The minimum Gasteiger partial charge on any atom is -0.306 e. The molecule has 6 heteroatoms. The Morgan fingerprint density at radius 3 is 1.87 bits per heavy atom. The van der Waals surface area contributed by atoms with E-state index in [1.165, 1.54) is 4.31 Å². The van der Waals surface area contributed by atoms with Crippen LogP contribution in [-0.4, -0.2) is 69.3 Å². The van der Waals surface area contributed by atoms with Gasteiger partial charge in [-0.05, 0) is 26.9 Å². The number of rotatable bonds is 3. The van der Waals surface area contributed by atoms with Gasteiger partial charge in [0.1, 0.15) is 0 Å². The van der Waals surface area contributed by atoms with Crippen LogP contribution in [0.1, 0.15) is 12.8 Å². The van der Waals surface area contributed by atoms with Crippen LogP contribution in [0.25, 0.3) is 0 Å². The summed E-state index contributed by atoms with van der Waals surface area (Å²) >= 11 is 0. The molecule has 0 saturated carbocycles. The second-order valence-corrected chi connectivity index (χ2v) is 6.53. The Morgan fingerprint density at radius 2 is 1.53 bits per heavy atom. The van der Waals surface area contributed by atoms with Crippen molar-refractivity contribution in [3.8, 4) is 0 Å². The van der Waals surface area contributed by atoms with Crippen LogP contribution in [0.3, 0.4) is 0 Å². The van der Waals surface area contributed by atoms with Crippen LogP contribution < -0.4 is 0 Å². The smallest absolute Gasteiger partial charge is 0.281 e. The van der Waals surface area contributed by atoms with Gasteiger partial charge in [0.15, 0.2) is 0 Å². The van der Waals surface area contributed by atoms with Crippen molar-refractivity contribution in [3.63, 3.8) is 0 Å². The predicted octanol–water partition coefficient (Wildman–Crippen LogP) is -0.181. The van der Waals surface area contributed by atoms with Gasteiger partial charge in [-0.1, -0.05) is 0 Å². The van der Waals surface area contributed by atoms with E-state index in [9.17, 15) is 8.42 Å². The summed E-state index contributed by atoms with van der Waals surface area (Å²) in [6.45, 7) is 1.26. The molecule has 1 fully saturated rings. The lowest BCUT2D eigenvalue weighted by Gasteiger charge is -2.35. The van der Waals surface area contributed by atoms with Gasteiger partial charge in [0.2, 0.25) is 0 Å². The Labute approximate surface area is 92.8 Å². The monoisotopic (exact) mass is 235 g/mol. The van der Waals surface area contributed by atoms with Crippen molar-refractivity contribution >= 4 is 10.2 Å². The lowest BCUT2D eigenvalue weighted by atomic mass is 10.1. The molecule has 90 valence electrons. The molecule has 1 saturated heterocycles. The van der Waals surface area contributed by atoms with Gasteiger partial charge < -0.3 is 4.90 Å². The summed E-state index contributed by atoms with van der Waals surface area (Å²) in [7, 11) is 4.04. The van der Waals surface area contributed by atoms with Crippen LogP contribution >= 0.6 is 0 Å². The van der Waals surface area contributed by atoms with Gasteiger partial charge in [0.05, 0.1) is 0 Å². The number of hydrogen-bond donors (Lipinski definition) is 0. The maximum absolute atomic E-state index is 11.8. The first-order valence-corrected chi connectivity index (χ1v) is 6.59. The van der Waals surface area contributed by atoms with E-state index in [0.717, 1.165) is 12.8 Å². The summed E-state index contributed by atoms with van der Waals surface area (Å²) in [5.41, 5.74) is 0. The zero-order valence-corrected chi connectivity index (χ0v) is 10.8. The molecule has 0 atom stereocenters. The van der Waals surface area contributed by atoms with E-state index in [1.54, 1.807) is 18.4 Å². The second-order valence-electron chi connectivity index (χ2n) is 4.38. The molecule has 5 nitrogen and oxygen atoms in total. The largest absolute Gasteiger partial charge is 0.306 e. The van der Waals surface area contributed by atoms with Crippen molar-refractivity contribution in [2.24, 2.45) is 0 Å². The van der Waals surface area contributed by atoms with E-state index in [0.29, 0.717) is 19.1 Å². The van der Waals surface area contributed by atoms with Gasteiger partial charge in [-0.15, -0.1) is 0 Å². The number of nitrogens with zero attached hydrogens (tertiary/aromatic N) is 3. The van der Waals surface area contributed by atoms with Crippen LogP contribution in [0.2, 0.25) is 0 Å². The fourth-order valence-corrected chi connectivity index (χ4v) is 2.95. The average Bonchev–Trinajstić information content (AvgIpc) is 2.17. The van der Waals surface area contributed by atoms with Crippen molar-refractivity contribution in [2.75, 3.05) is 41.3 Å². The minimum absolute atomic E-state index is 0.513. The zero-order valence-electron chi connectivity index (χ0n) is 9.97. The first kappa shape index (κ1) is 12.9. The Balaban J connectivity index is 2.58. The molecule has 1 rings (SSSR count). The molecular formula is C9H21N3O2S. The highest BCUT2D eigenvalue weighted by molar-refractivity contribution is 7.86. The van der Waals surface area contributed by atoms with E-state index < -0.39 is 10.2 Å². The summed E-state index contributed by atoms with van der Waals surface area (Å²) < 4.78 is 26.4. The summed E-state index contributed by atoms with van der Waals surface area (Å²) in [5, 5.41) is 0. The van der Waals surface area contributed by atoms with Crippen molar-refractivity contribution < 1.29 is 8.42 Å². The summed E-state index contributed by atoms with van der Waals surface area (Å²) in [6.07, 6.45) is 1.83. The van der Waals surface area contributed by atoms with E-state index in [-0.39, 0.29) is 0 Å². The Kier molecular flexibility index (Phi) is 4.11. The first-order valence-electron chi connectivity index (χ1n) is 5.19. The molecule has 0 aromatic rings. The molecule has 1 heterocycles. The highest BCUT2D eigenvalue weighted by Gasteiger charge is 2.29. The maximum Gasteiger partial charge on any atom is 0.281 e. The Morgan fingerprint density at radius 1 is 1.07 bits per heavy atom. The first-order chi connectivity index (χ1) is 6.85. The fraction of sp³-hybridized carbons (Fsp3) is 1.00. The highest BCUT2D eigenvalue weighted by Crippen LogP contribution is 2.17. The third-order valence-corrected chi connectivity index (χ3v) is 4.88. The molecule has 1 aliphatic rings. The molecule has 0 N–H and O–H groups in total. The zero-order chi connectivity index (χ0) is 11.6. The molecule has 0 bridgehead atoms. The van der Waals surface area contributed by atoms with Crippen LogP contribution in [0.15, 0.2) is 0 Å². The second kappa shape index (κ2) is 4.78. The Hall–Kier alpha value is -0.170. The quantitative estimate of drug-likeness (QED) is 0.681. The average molecular weight is 235 g/mol. The van der Waals surface area contributed by atoms with Crippen molar-refractivity contribution in [3.05, 3.63) is 0 Å². The molecule has 0 aliphatic carbocycles. The van der Waals surface area contributed by atoms with Gasteiger partial charge in [-0.2, -0.15) is 17.0 Å². The number of piperidine rings is 1. The SMILES string of the molecule is CN(C)C1CCN(S(=O)(=O)N(C)C)CC1. The summed E-state index contributed by atoms with van der Waals surface area (Å²) in [4.78, 5) is 2.17. The van der Waals surface area contributed by atoms with Crippen LogP contribution in [0.4, 0.5) is 0 Å². The number of hydrogen-bond acceptors (Lipinski definition) is 3. The third kappa shape index (κ3) is 2.90. The van der Waals surface area contributed by atoms with Crippen molar-refractivity contribution in [2.45, 2.75) is 18.9 Å². The maximum atomic E-state index is 11.8. The molecular weight excluding hydrogens is 214 g/mol. The standard InChI is InChI=1S/C9H21N3O2S/c1-10(2)9-5-7-12(8-6-9)15(13,14)11(3)4/h9H,5-8H2,1-4H3. The lowest BCUT2D eigenvalue weighted by Crippen LogP contribution is -2.48. The van der Waals surface area contributed by atoms with Crippen molar-refractivity contribution in [1.82, 2.24) is 13.5 Å². The molecule has 0 unspecified atom stereocenters. The third-order valence-electron chi connectivity index (χ3n) is 2.94. The molecule has 0 aromatic carbocycles. The normalized spacial score (nSPS) is 21.5. The molecule has 0 aromatic heterocycles. The molecule has 0 radical (unpaired) electrons. The van der Waals surface area contributed by atoms with E-state index in [4.69, 9.17) is 0 Å². The van der Waals surface area contributed by atoms with E-state index in [2.05, 4.69) is 4.90 Å².